The summed E-state index contributed by atoms with van der Waals surface area (Å²) in [6.45, 7) is 4.20. The second-order valence-electron chi connectivity index (χ2n) is 7.46. The van der Waals surface area contributed by atoms with Gasteiger partial charge >= 0.3 is 0 Å². The number of carbonyl (C=O) groups is 2. The Morgan fingerprint density at radius 3 is 2.47 bits per heavy atom. The highest BCUT2D eigenvalue weighted by molar-refractivity contribution is 5.96. The SMILES string of the molecule is COc1cc(C(=O)NNC(=O)CCCOc2cccc3ccccc23)ccc1OC(C)C. The highest BCUT2D eigenvalue weighted by Gasteiger charge is 2.13. The van der Waals surface area contributed by atoms with E-state index in [1.165, 1.54) is 7.11 Å². The Morgan fingerprint density at radius 1 is 0.906 bits per heavy atom. The molecule has 0 unspecified atom stereocenters. The quantitative estimate of drug-likeness (QED) is 0.387. The number of methoxy groups -OCH3 is 1. The Bertz CT molecular complexity index is 1080. The Balaban J connectivity index is 1.44. The van der Waals surface area contributed by atoms with E-state index in [9.17, 15) is 9.59 Å². The first-order valence-corrected chi connectivity index (χ1v) is 10.5. The highest BCUT2D eigenvalue weighted by Crippen LogP contribution is 2.29. The molecule has 3 aromatic rings. The van der Waals surface area contributed by atoms with Crippen LogP contribution < -0.4 is 25.1 Å². The first-order valence-electron chi connectivity index (χ1n) is 10.5. The molecule has 32 heavy (non-hydrogen) atoms. The maximum absolute atomic E-state index is 12.3. The number of amides is 2. The van der Waals surface area contributed by atoms with Gasteiger partial charge in [0.15, 0.2) is 11.5 Å². The maximum atomic E-state index is 12.3. The van der Waals surface area contributed by atoms with Crippen molar-refractivity contribution in [1.82, 2.24) is 10.9 Å². The fourth-order valence-electron chi connectivity index (χ4n) is 3.16. The summed E-state index contributed by atoms with van der Waals surface area (Å²) in [4.78, 5) is 24.4. The highest BCUT2D eigenvalue weighted by atomic mass is 16.5. The maximum Gasteiger partial charge on any atom is 0.269 e. The zero-order valence-electron chi connectivity index (χ0n) is 18.5. The van der Waals surface area contributed by atoms with E-state index in [0.29, 0.717) is 30.1 Å². The van der Waals surface area contributed by atoms with E-state index in [-0.39, 0.29) is 18.4 Å². The molecule has 0 saturated heterocycles. The van der Waals surface area contributed by atoms with Gasteiger partial charge in [0, 0.05) is 17.4 Å². The minimum absolute atomic E-state index is 0.0209. The molecule has 0 aromatic heterocycles. The Hall–Kier alpha value is -3.74. The van der Waals surface area contributed by atoms with Crippen LogP contribution in [0.5, 0.6) is 17.2 Å². The molecule has 7 nitrogen and oxygen atoms in total. The van der Waals surface area contributed by atoms with Crippen molar-refractivity contribution in [3.8, 4) is 17.2 Å². The van der Waals surface area contributed by atoms with Gasteiger partial charge in [-0.2, -0.15) is 0 Å². The number of benzene rings is 3. The van der Waals surface area contributed by atoms with Gasteiger partial charge in [-0.25, -0.2) is 0 Å². The monoisotopic (exact) mass is 436 g/mol. The summed E-state index contributed by atoms with van der Waals surface area (Å²) in [7, 11) is 1.51. The molecule has 3 aromatic carbocycles. The summed E-state index contributed by atoms with van der Waals surface area (Å²) >= 11 is 0. The Morgan fingerprint density at radius 2 is 1.69 bits per heavy atom. The van der Waals surface area contributed by atoms with Gasteiger partial charge in [-0.15, -0.1) is 0 Å². The fourth-order valence-corrected chi connectivity index (χ4v) is 3.16. The largest absolute Gasteiger partial charge is 0.493 e. The van der Waals surface area contributed by atoms with Crippen LogP contribution in [-0.4, -0.2) is 31.6 Å². The van der Waals surface area contributed by atoms with E-state index in [1.54, 1.807) is 18.2 Å². The van der Waals surface area contributed by atoms with Gasteiger partial charge in [-0.3, -0.25) is 20.4 Å². The van der Waals surface area contributed by atoms with Crippen LogP contribution in [0, 0.1) is 0 Å². The molecule has 0 atom stereocenters. The number of carbonyl (C=O) groups excluding carboxylic acids is 2. The van der Waals surface area contributed by atoms with Gasteiger partial charge < -0.3 is 14.2 Å². The molecule has 0 aliphatic carbocycles. The second kappa shape index (κ2) is 11.0. The molecule has 2 N–H and O–H groups in total. The number of hydrogen-bond acceptors (Lipinski definition) is 5. The van der Waals surface area contributed by atoms with Crippen molar-refractivity contribution in [2.24, 2.45) is 0 Å². The third-order valence-electron chi connectivity index (χ3n) is 4.66. The number of ether oxygens (including phenoxy) is 3. The Kier molecular flexibility index (Phi) is 7.91. The zero-order chi connectivity index (χ0) is 22.9. The van der Waals surface area contributed by atoms with Crippen molar-refractivity contribution >= 4 is 22.6 Å². The minimum atomic E-state index is -0.445. The van der Waals surface area contributed by atoms with E-state index >= 15 is 0 Å². The molecule has 0 fully saturated rings. The molecule has 0 bridgehead atoms. The molecule has 3 rings (SSSR count). The average Bonchev–Trinajstić information content (AvgIpc) is 2.80. The molecule has 0 heterocycles. The molecule has 168 valence electrons. The average molecular weight is 437 g/mol. The van der Waals surface area contributed by atoms with Crippen LogP contribution in [0.2, 0.25) is 0 Å². The van der Waals surface area contributed by atoms with Crippen molar-refractivity contribution in [2.45, 2.75) is 32.8 Å². The van der Waals surface area contributed by atoms with Gasteiger partial charge in [0.05, 0.1) is 19.8 Å². The van der Waals surface area contributed by atoms with Gasteiger partial charge in [-0.05, 0) is 49.9 Å². The van der Waals surface area contributed by atoms with Crippen molar-refractivity contribution in [3.05, 3.63) is 66.2 Å². The molecule has 0 radical (unpaired) electrons. The Labute approximate surface area is 187 Å². The van der Waals surface area contributed by atoms with Crippen LogP contribution >= 0.6 is 0 Å². The van der Waals surface area contributed by atoms with Crippen LogP contribution in [-0.2, 0) is 4.79 Å². The predicted molar refractivity (Wildman–Crippen MR) is 123 cm³/mol. The first kappa shape index (κ1) is 22.9. The van der Waals surface area contributed by atoms with E-state index in [0.717, 1.165) is 16.5 Å². The summed E-state index contributed by atoms with van der Waals surface area (Å²) in [5, 5.41) is 2.14. The molecule has 0 aliphatic heterocycles. The topological polar surface area (TPSA) is 85.9 Å². The summed E-state index contributed by atoms with van der Waals surface area (Å²) in [5.74, 6) is 1.04. The van der Waals surface area contributed by atoms with E-state index in [4.69, 9.17) is 14.2 Å². The smallest absolute Gasteiger partial charge is 0.269 e. The van der Waals surface area contributed by atoms with Crippen molar-refractivity contribution in [3.63, 3.8) is 0 Å². The standard InChI is InChI=1S/C25H28N2O5/c1-17(2)32-22-14-13-19(16-23(22)30-3)25(29)27-26-24(28)12-7-15-31-21-11-6-9-18-8-4-5-10-20(18)21/h4-6,8-11,13-14,16-17H,7,12,15H2,1-3H3,(H,26,28)(H,27,29). The summed E-state index contributed by atoms with van der Waals surface area (Å²) in [6, 6.07) is 18.7. The molecular weight excluding hydrogens is 408 g/mol. The lowest BCUT2D eigenvalue weighted by atomic mass is 10.1. The molecule has 7 heteroatoms. The van der Waals surface area contributed by atoms with Gasteiger partial charge in [-0.1, -0.05) is 36.4 Å². The lowest BCUT2D eigenvalue weighted by Crippen LogP contribution is -2.41. The number of nitrogens with one attached hydrogen (secondary N) is 2. The number of hydrogen-bond donors (Lipinski definition) is 2. The molecular formula is C25H28N2O5. The summed E-state index contributed by atoms with van der Waals surface area (Å²) in [6.07, 6.45) is 0.711. The van der Waals surface area contributed by atoms with Gasteiger partial charge in [0.25, 0.3) is 5.91 Å². The van der Waals surface area contributed by atoms with Gasteiger partial charge in [0.1, 0.15) is 5.75 Å². The minimum Gasteiger partial charge on any atom is -0.493 e. The third kappa shape index (κ3) is 6.14. The van der Waals surface area contributed by atoms with Crippen molar-refractivity contribution in [1.29, 1.82) is 0 Å². The molecule has 0 aliphatic rings. The number of hydrazine groups is 1. The third-order valence-corrected chi connectivity index (χ3v) is 4.66. The fraction of sp³-hybridized carbons (Fsp3) is 0.280. The number of rotatable bonds is 9. The van der Waals surface area contributed by atoms with Crippen LogP contribution in [0.25, 0.3) is 10.8 Å². The van der Waals surface area contributed by atoms with Crippen LogP contribution in [0.3, 0.4) is 0 Å². The van der Waals surface area contributed by atoms with Crippen molar-refractivity contribution in [2.75, 3.05) is 13.7 Å². The summed E-state index contributed by atoms with van der Waals surface area (Å²) in [5.41, 5.74) is 5.19. The molecule has 0 saturated carbocycles. The van der Waals surface area contributed by atoms with E-state index in [1.807, 2.05) is 56.3 Å². The van der Waals surface area contributed by atoms with Crippen molar-refractivity contribution < 1.29 is 23.8 Å². The van der Waals surface area contributed by atoms with E-state index in [2.05, 4.69) is 10.9 Å². The zero-order valence-corrected chi connectivity index (χ0v) is 18.5. The molecule has 0 spiro atoms. The lowest BCUT2D eigenvalue weighted by molar-refractivity contribution is -0.122. The van der Waals surface area contributed by atoms with Crippen LogP contribution in [0.1, 0.15) is 37.0 Å². The predicted octanol–water partition coefficient (Wildman–Crippen LogP) is 4.26. The lowest BCUT2D eigenvalue weighted by Gasteiger charge is -2.14. The summed E-state index contributed by atoms with van der Waals surface area (Å²) < 4.78 is 16.8. The van der Waals surface area contributed by atoms with Gasteiger partial charge in [0.2, 0.25) is 5.91 Å². The van der Waals surface area contributed by atoms with Crippen LogP contribution in [0.4, 0.5) is 0 Å². The van der Waals surface area contributed by atoms with Crippen LogP contribution in [0.15, 0.2) is 60.7 Å². The number of fused-ring (bicyclic) bond motifs is 1. The normalized spacial score (nSPS) is 10.6. The molecule has 2 amide bonds. The van der Waals surface area contributed by atoms with E-state index < -0.39 is 5.91 Å². The first-order chi connectivity index (χ1) is 15.5. The second-order valence-corrected chi connectivity index (χ2v) is 7.46.